The number of nitrogens with one attached hydrogen (secondary N) is 1. The normalized spacial score (nSPS) is 13.0. The Morgan fingerprint density at radius 2 is 1.88 bits per heavy atom. The quantitative estimate of drug-likeness (QED) is 0.753. The second-order valence-electron chi connectivity index (χ2n) is 4.58. The summed E-state index contributed by atoms with van der Waals surface area (Å²) in [6.07, 6.45) is 3.77. The molecule has 96 valence electrons. The summed E-state index contributed by atoms with van der Waals surface area (Å²) in [6, 6.07) is 9.15. The third-order valence-corrected chi connectivity index (χ3v) is 3.92. The van der Waals surface area contributed by atoms with Gasteiger partial charge in [0.15, 0.2) is 0 Å². The van der Waals surface area contributed by atoms with Gasteiger partial charge in [-0.3, -0.25) is 0 Å². The summed E-state index contributed by atoms with van der Waals surface area (Å²) in [5, 5.41) is 3.60. The van der Waals surface area contributed by atoms with Gasteiger partial charge >= 0.3 is 0 Å². The van der Waals surface area contributed by atoms with Gasteiger partial charge in [0, 0.05) is 10.5 Å². The van der Waals surface area contributed by atoms with Gasteiger partial charge in [-0.2, -0.15) is 0 Å². The number of rotatable bonds is 7. The number of halogens is 1. The Hall–Kier alpha value is -0.340. The first-order valence-electron chi connectivity index (χ1n) is 6.70. The molecule has 0 spiro atoms. The first-order chi connectivity index (χ1) is 8.21. The van der Waals surface area contributed by atoms with Gasteiger partial charge in [-0.25, -0.2) is 0 Å². The lowest BCUT2D eigenvalue weighted by atomic mass is 9.91. The van der Waals surface area contributed by atoms with Crippen LogP contribution in [0.1, 0.15) is 51.6 Å². The minimum Gasteiger partial charge on any atom is -0.310 e. The predicted molar refractivity (Wildman–Crippen MR) is 79.2 cm³/mol. The van der Waals surface area contributed by atoms with Crippen LogP contribution in [0, 0.1) is 5.92 Å². The van der Waals surface area contributed by atoms with Crippen molar-refractivity contribution in [3.8, 4) is 0 Å². The number of hydrogen-bond donors (Lipinski definition) is 1. The summed E-state index contributed by atoms with van der Waals surface area (Å²) in [5.74, 6) is 0.818. The van der Waals surface area contributed by atoms with Crippen molar-refractivity contribution in [3.63, 3.8) is 0 Å². The van der Waals surface area contributed by atoms with Crippen LogP contribution in [0.15, 0.2) is 28.7 Å². The highest BCUT2D eigenvalue weighted by Crippen LogP contribution is 2.26. The van der Waals surface area contributed by atoms with Crippen molar-refractivity contribution in [1.29, 1.82) is 0 Å². The number of benzene rings is 1. The third kappa shape index (κ3) is 4.81. The van der Waals surface area contributed by atoms with Crippen molar-refractivity contribution in [2.45, 2.75) is 46.1 Å². The van der Waals surface area contributed by atoms with Crippen molar-refractivity contribution >= 4 is 15.9 Å². The Bertz CT molecular complexity index is 320. The number of hydrogen-bond acceptors (Lipinski definition) is 1. The zero-order valence-electron chi connectivity index (χ0n) is 11.2. The van der Waals surface area contributed by atoms with Crippen LogP contribution in [-0.4, -0.2) is 6.54 Å². The Labute approximate surface area is 114 Å². The lowest BCUT2D eigenvalue weighted by molar-refractivity contribution is 0.375. The highest BCUT2D eigenvalue weighted by atomic mass is 79.9. The summed E-state index contributed by atoms with van der Waals surface area (Å²) in [5.41, 5.74) is 1.40. The Morgan fingerprint density at radius 1 is 1.18 bits per heavy atom. The van der Waals surface area contributed by atoms with Gasteiger partial charge in [0.1, 0.15) is 0 Å². The summed E-state index contributed by atoms with van der Waals surface area (Å²) >= 11 is 3.55. The average molecular weight is 298 g/mol. The van der Waals surface area contributed by atoms with E-state index in [1.165, 1.54) is 29.3 Å². The van der Waals surface area contributed by atoms with E-state index in [0.717, 1.165) is 12.5 Å². The van der Waals surface area contributed by atoms with Crippen molar-refractivity contribution in [1.82, 2.24) is 5.32 Å². The molecule has 0 aliphatic heterocycles. The smallest absolute Gasteiger partial charge is 0.0323 e. The van der Waals surface area contributed by atoms with E-state index >= 15 is 0 Å². The second kappa shape index (κ2) is 7.88. The van der Waals surface area contributed by atoms with Crippen molar-refractivity contribution in [3.05, 3.63) is 34.3 Å². The zero-order valence-corrected chi connectivity index (χ0v) is 12.8. The van der Waals surface area contributed by atoms with Crippen LogP contribution in [0.4, 0.5) is 0 Å². The first kappa shape index (κ1) is 14.7. The van der Waals surface area contributed by atoms with E-state index in [1.807, 2.05) is 0 Å². The molecule has 0 saturated carbocycles. The van der Waals surface area contributed by atoms with E-state index in [2.05, 4.69) is 66.3 Å². The monoisotopic (exact) mass is 297 g/mol. The maximum absolute atomic E-state index is 3.60. The van der Waals surface area contributed by atoms with Gasteiger partial charge in [0.05, 0.1) is 0 Å². The molecule has 17 heavy (non-hydrogen) atoms. The van der Waals surface area contributed by atoms with Crippen molar-refractivity contribution < 1.29 is 0 Å². The lowest BCUT2D eigenvalue weighted by Crippen LogP contribution is -2.23. The van der Waals surface area contributed by atoms with Crippen molar-refractivity contribution in [2.24, 2.45) is 5.92 Å². The molecule has 2 heteroatoms. The van der Waals surface area contributed by atoms with Crippen LogP contribution >= 0.6 is 15.9 Å². The molecule has 1 aromatic rings. The maximum atomic E-state index is 3.60. The Morgan fingerprint density at radius 3 is 2.41 bits per heavy atom. The molecule has 0 heterocycles. The fourth-order valence-electron chi connectivity index (χ4n) is 2.26. The maximum Gasteiger partial charge on any atom is 0.0323 e. The van der Waals surface area contributed by atoms with E-state index in [-0.39, 0.29) is 0 Å². The molecule has 0 aromatic heterocycles. The molecule has 0 fully saturated rings. The lowest BCUT2D eigenvalue weighted by Gasteiger charge is -2.23. The Kier molecular flexibility index (Phi) is 6.83. The topological polar surface area (TPSA) is 12.0 Å². The summed E-state index contributed by atoms with van der Waals surface area (Å²) in [7, 11) is 0. The average Bonchev–Trinajstić information content (AvgIpc) is 2.34. The van der Waals surface area contributed by atoms with E-state index < -0.39 is 0 Å². The fourth-order valence-corrected chi connectivity index (χ4v) is 2.68. The van der Waals surface area contributed by atoms with E-state index in [1.54, 1.807) is 0 Å². The van der Waals surface area contributed by atoms with Gasteiger partial charge in [0.2, 0.25) is 0 Å². The molecule has 0 aliphatic rings. The molecule has 1 unspecified atom stereocenters. The van der Waals surface area contributed by atoms with Gasteiger partial charge in [0.25, 0.3) is 0 Å². The third-order valence-electron chi connectivity index (χ3n) is 3.43. The van der Waals surface area contributed by atoms with E-state index in [0.29, 0.717) is 6.04 Å². The zero-order chi connectivity index (χ0) is 12.7. The second-order valence-corrected chi connectivity index (χ2v) is 5.50. The molecule has 1 aromatic carbocycles. The predicted octanol–water partition coefficient (Wildman–Crippen LogP) is 4.93. The molecular formula is C15H24BrN. The van der Waals surface area contributed by atoms with Crippen LogP contribution in [0.25, 0.3) is 0 Å². The van der Waals surface area contributed by atoms with Gasteiger partial charge < -0.3 is 5.32 Å². The molecular weight excluding hydrogens is 274 g/mol. The summed E-state index contributed by atoms with van der Waals surface area (Å²) in [4.78, 5) is 0. The Balaban J connectivity index is 2.77. The minimum atomic E-state index is 0.488. The molecule has 1 rings (SSSR count). The molecule has 0 bridgehead atoms. The minimum absolute atomic E-state index is 0.488. The van der Waals surface area contributed by atoms with Gasteiger partial charge in [-0.1, -0.05) is 61.7 Å². The van der Waals surface area contributed by atoms with E-state index in [4.69, 9.17) is 0 Å². The standard InChI is InChI=1S/C15H24BrN/c1-4-12(5-2)10-15(17-6-3)13-8-7-9-14(16)11-13/h7-9,11-12,15,17H,4-6,10H2,1-3H3. The molecule has 1 N–H and O–H groups in total. The van der Waals surface area contributed by atoms with Crippen LogP contribution in [-0.2, 0) is 0 Å². The molecule has 0 aliphatic carbocycles. The molecule has 1 nitrogen and oxygen atoms in total. The van der Waals surface area contributed by atoms with E-state index in [9.17, 15) is 0 Å². The SMILES string of the molecule is CCNC(CC(CC)CC)c1cccc(Br)c1. The largest absolute Gasteiger partial charge is 0.310 e. The molecule has 0 radical (unpaired) electrons. The van der Waals surface area contributed by atoms with Crippen LogP contribution in [0.2, 0.25) is 0 Å². The highest BCUT2D eigenvalue weighted by Gasteiger charge is 2.15. The van der Waals surface area contributed by atoms with Crippen LogP contribution in [0.3, 0.4) is 0 Å². The first-order valence-corrected chi connectivity index (χ1v) is 7.49. The van der Waals surface area contributed by atoms with Crippen LogP contribution < -0.4 is 5.32 Å². The summed E-state index contributed by atoms with van der Waals surface area (Å²) in [6.45, 7) is 7.78. The summed E-state index contributed by atoms with van der Waals surface area (Å²) < 4.78 is 1.17. The fraction of sp³-hybridized carbons (Fsp3) is 0.600. The highest BCUT2D eigenvalue weighted by molar-refractivity contribution is 9.10. The molecule has 0 saturated heterocycles. The molecule has 1 atom stereocenters. The van der Waals surface area contributed by atoms with Crippen molar-refractivity contribution in [2.75, 3.05) is 6.54 Å². The molecule has 0 amide bonds. The van der Waals surface area contributed by atoms with Gasteiger partial charge in [-0.15, -0.1) is 0 Å². The van der Waals surface area contributed by atoms with Crippen LogP contribution in [0.5, 0.6) is 0 Å². The van der Waals surface area contributed by atoms with Gasteiger partial charge in [-0.05, 0) is 36.6 Å².